The highest BCUT2D eigenvalue weighted by atomic mass is 15.2. The van der Waals surface area contributed by atoms with Crippen molar-refractivity contribution in [3.05, 3.63) is 54.1 Å². The number of fused-ring (bicyclic) bond motifs is 4. The minimum absolute atomic E-state index is 0.143. The lowest BCUT2D eigenvalue weighted by atomic mass is 9.87. The van der Waals surface area contributed by atoms with Crippen LogP contribution in [0.4, 0.5) is 0 Å². The minimum atomic E-state index is -0.143. The first-order valence-corrected chi connectivity index (χ1v) is 7.99. The summed E-state index contributed by atoms with van der Waals surface area (Å²) in [5.41, 5.74) is 5.84. The van der Waals surface area contributed by atoms with Crippen LogP contribution in [0.25, 0.3) is 27.9 Å². The van der Waals surface area contributed by atoms with Crippen molar-refractivity contribution < 1.29 is 4.57 Å². The fourth-order valence-corrected chi connectivity index (χ4v) is 4.15. The molecule has 4 nitrogen and oxygen atoms in total. The van der Waals surface area contributed by atoms with Gasteiger partial charge in [-0.15, -0.1) is 0 Å². The Morgan fingerprint density at radius 2 is 1.96 bits per heavy atom. The van der Waals surface area contributed by atoms with E-state index in [1.165, 1.54) is 28.0 Å². The Labute approximate surface area is 134 Å². The maximum absolute atomic E-state index is 4.88. The van der Waals surface area contributed by atoms with Gasteiger partial charge in [-0.05, 0) is 44.5 Å². The highest BCUT2D eigenvalue weighted by Crippen LogP contribution is 2.44. The predicted molar refractivity (Wildman–Crippen MR) is 90.5 cm³/mol. The van der Waals surface area contributed by atoms with Gasteiger partial charge in [0.25, 0.3) is 5.82 Å². The van der Waals surface area contributed by atoms with E-state index in [-0.39, 0.29) is 5.54 Å². The summed E-state index contributed by atoms with van der Waals surface area (Å²) >= 11 is 0. The molecule has 23 heavy (non-hydrogen) atoms. The molecule has 114 valence electrons. The molecular formula is C19H19N4+. The lowest BCUT2D eigenvalue weighted by Crippen LogP contribution is -2.39. The summed E-state index contributed by atoms with van der Waals surface area (Å²) < 4.78 is 6.84. The van der Waals surface area contributed by atoms with Crippen LogP contribution in [0.3, 0.4) is 0 Å². The van der Waals surface area contributed by atoms with Gasteiger partial charge in [0.1, 0.15) is 23.6 Å². The molecule has 0 saturated heterocycles. The summed E-state index contributed by atoms with van der Waals surface area (Å²) in [4.78, 5) is 4.88. The quantitative estimate of drug-likeness (QED) is 0.458. The van der Waals surface area contributed by atoms with Gasteiger partial charge >= 0.3 is 0 Å². The fourth-order valence-electron chi connectivity index (χ4n) is 4.15. The summed E-state index contributed by atoms with van der Waals surface area (Å²) in [6.07, 6.45) is 6.45. The van der Waals surface area contributed by atoms with Crippen LogP contribution in [-0.4, -0.2) is 14.0 Å². The molecule has 4 heterocycles. The van der Waals surface area contributed by atoms with Crippen LogP contribution >= 0.6 is 0 Å². The average Bonchev–Trinajstić information content (AvgIpc) is 3.11. The Balaban J connectivity index is 2.16. The van der Waals surface area contributed by atoms with E-state index < -0.39 is 0 Å². The van der Waals surface area contributed by atoms with Crippen LogP contribution in [0.15, 0.2) is 42.9 Å². The van der Waals surface area contributed by atoms with Crippen molar-refractivity contribution in [2.24, 2.45) is 7.05 Å². The van der Waals surface area contributed by atoms with Gasteiger partial charge in [-0.2, -0.15) is 0 Å². The molecule has 0 spiro atoms. The van der Waals surface area contributed by atoms with E-state index in [1.807, 2.05) is 0 Å². The summed E-state index contributed by atoms with van der Waals surface area (Å²) in [5, 5.41) is 1.28. The lowest BCUT2D eigenvalue weighted by molar-refractivity contribution is -0.659. The number of imidazole rings is 1. The molecular weight excluding hydrogens is 284 g/mol. The van der Waals surface area contributed by atoms with Crippen molar-refractivity contribution >= 4 is 16.6 Å². The van der Waals surface area contributed by atoms with Gasteiger partial charge in [0.2, 0.25) is 0 Å². The zero-order chi connectivity index (χ0) is 15.9. The van der Waals surface area contributed by atoms with Gasteiger partial charge in [-0.3, -0.25) is 0 Å². The zero-order valence-electron chi connectivity index (χ0n) is 13.8. The number of rotatable bonds is 0. The van der Waals surface area contributed by atoms with E-state index in [1.54, 1.807) is 0 Å². The molecule has 0 aliphatic carbocycles. The van der Waals surface area contributed by atoms with Crippen LogP contribution in [0.5, 0.6) is 0 Å². The van der Waals surface area contributed by atoms with E-state index in [9.17, 15) is 0 Å². The first kappa shape index (κ1) is 12.9. The van der Waals surface area contributed by atoms with Crippen LogP contribution in [-0.2, 0) is 12.6 Å². The molecule has 0 amide bonds. The molecule has 0 fully saturated rings. The first-order valence-electron chi connectivity index (χ1n) is 7.99. The Hall–Kier alpha value is -2.62. The normalized spacial score (nSPS) is 15.3. The van der Waals surface area contributed by atoms with Crippen LogP contribution in [0, 0.1) is 6.92 Å². The molecule has 1 aromatic carbocycles. The van der Waals surface area contributed by atoms with E-state index in [0.717, 1.165) is 11.2 Å². The molecule has 0 atom stereocenters. The maximum atomic E-state index is 4.88. The lowest BCUT2D eigenvalue weighted by Gasteiger charge is -2.31. The van der Waals surface area contributed by atoms with E-state index in [2.05, 4.69) is 84.2 Å². The van der Waals surface area contributed by atoms with Crippen molar-refractivity contribution in [3.8, 4) is 11.4 Å². The second-order valence-electron chi connectivity index (χ2n) is 7.01. The standard InChI is InChI=1S/C19H19N4/c1-12-7-8-13-16-15(12)18-21(4)10-11-23(18)19(2,3)17(16)22-9-5-6-14(22)20-13/h5-11H,1-4H3/q+1. The molecule has 1 aliphatic heterocycles. The number of nitrogens with zero attached hydrogens (tertiary/aromatic N) is 4. The Kier molecular flexibility index (Phi) is 2.14. The topological polar surface area (TPSA) is 26.1 Å². The SMILES string of the molecule is Cc1ccc2nc3cccn3c3c2c1-c1n(cc[n+]1C)C3(C)C. The van der Waals surface area contributed by atoms with Crippen molar-refractivity contribution in [2.45, 2.75) is 26.3 Å². The van der Waals surface area contributed by atoms with Crippen LogP contribution in [0.1, 0.15) is 25.1 Å². The largest absolute Gasteiger partial charge is 0.300 e. The highest BCUT2D eigenvalue weighted by molar-refractivity contribution is 5.99. The number of aromatic nitrogens is 4. The Bertz CT molecular complexity index is 1110. The second kappa shape index (κ2) is 3.82. The third-order valence-electron chi connectivity index (χ3n) is 5.24. The third kappa shape index (κ3) is 1.37. The van der Waals surface area contributed by atoms with Gasteiger partial charge in [-0.25, -0.2) is 14.1 Å². The van der Waals surface area contributed by atoms with Crippen LogP contribution in [0.2, 0.25) is 0 Å². The van der Waals surface area contributed by atoms with Crippen molar-refractivity contribution in [2.75, 3.05) is 0 Å². The molecule has 5 rings (SSSR count). The minimum Gasteiger partial charge on any atom is -0.300 e. The second-order valence-corrected chi connectivity index (χ2v) is 7.01. The summed E-state index contributed by atoms with van der Waals surface area (Å²) in [5.74, 6) is 1.25. The maximum Gasteiger partial charge on any atom is 0.290 e. The number of hydrogen-bond donors (Lipinski definition) is 0. The van der Waals surface area contributed by atoms with Gasteiger partial charge in [0, 0.05) is 11.6 Å². The van der Waals surface area contributed by atoms with Gasteiger partial charge in [0.15, 0.2) is 0 Å². The van der Waals surface area contributed by atoms with Crippen molar-refractivity contribution in [1.29, 1.82) is 0 Å². The predicted octanol–water partition coefficient (Wildman–Crippen LogP) is 3.19. The highest BCUT2D eigenvalue weighted by Gasteiger charge is 2.42. The van der Waals surface area contributed by atoms with Gasteiger partial charge in [-0.1, -0.05) is 6.07 Å². The van der Waals surface area contributed by atoms with E-state index in [4.69, 9.17) is 4.98 Å². The molecule has 0 N–H and O–H groups in total. The molecule has 0 saturated carbocycles. The molecule has 0 bridgehead atoms. The van der Waals surface area contributed by atoms with Crippen molar-refractivity contribution in [3.63, 3.8) is 0 Å². The van der Waals surface area contributed by atoms with Gasteiger partial charge in [0.05, 0.1) is 23.8 Å². The molecule has 4 aromatic rings. The number of hydrogen-bond acceptors (Lipinski definition) is 1. The van der Waals surface area contributed by atoms with E-state index in [0.29, 0.717) is 0 Å². The summed E-state index contributed by atoms with van der Waals surface area (Å²) in [6, 6.07) is 8.49. The number of aryl methyl sites for hydroxylation is 2. The first-order chi connectivity index (χ1) is 11.0. The smallest absolute Gasteiger partial charge is 0.290 e. The van der Waals surface area contributed by atoms with Crippen LogP contribution < -0.4 is 4.57 Å². The molecule has 0 unspecified atom stereocenters. The third-order valence-corrected chi connectivity index (χ3v) is 5.24. The Morgan fingerprint density at radius 1 is 1.13 bits per heavy atom. The van der Waals surface area contributed by atoms with Gasteiger partial charge < -0.3 is 4.40 Å². The average molecular weight is 303 g/mol. The monoisotopic (exact) mass is 303 g/mol. The molecule has 0 radical (unpaired) electrons. The molecule has 1 aliphatic rings. The van der Waals surface area contributed by atoms with E-state index >= 15 is 0 Å². The summed E-state index contributed by atoms with van der Waals surface area (Å²) in [6.45, 7) is 6.76. The van der Waals surface area contributed by atoms with Crippen molar-refractivity contribution in [1.82, 2.24) is 14.0 Å². The zero-order valence-corrected chi connectivity index (χ0v) is 13.8. The molecule has 4 heteroatoms. The number of benzene rings is 1. The fraction of sp³-hybridized carbons (Fsp3) is 0.263. The summed E-state index contributed by atoms with van der Waals surface area (Å²) in [7, 11) is 2.12. The Morgan fingerprint density at radius 3 is 2.78 bits per heavy atom. The molecule has 3 aromatic heterocycles.